The molecule has 6 nitrogen and oxygen atoms in total. The number of ether oxygens (including phenoxy) is 1. The Morgan fingerprint density at radius 1 is 1.50 bits per heavy atom. The van der Waals surface area contributed by atoms with Crippen LogP contribution in [0.15, 0.2) is 23.4 Å². The van der Waals surface area contributed by atoms with Crippen LogP contribution >= 0.6 is 11.8 Å². The number of nitrogens with zero attached hydrogens (tertiary/aromatic N) is 5. The van der Waals surface area contributed by atoms with Gasteiger partial charge in [-0.15, -0.1) is 5.10 Å². The van der Waals surface area contributed by atoms with Crippen LogP contribution in [0, 0.1) is 11.3 Å². The highest BCUT2D eigenvalue weighted by Crippen LogP contribution is 2.37. The van der Waals surface area contributed by atoms with Crippen LogP contribution in [0.5, 0.6) is 5.75 Å². The highest BCUT2D eigenvalue weighted by molar-refractivity contribution is 7.98. The van der Waals surface area contributed by atoms with E-state index in [0.29, 0.717) is 17.4 Å². The summed E-state index contributed by atoms with van der Waals surface area (Å²) < 4.78 is 7.20. The maximum atomic E-state index is 8.97. The molecule has 0 N–H and O–H groups in total. The van der Waals surface area contributed by atoms with E-state index in [-0.39, 0.29) is 0 Å². The first-order valence-electron chi connectivity index (χ1n) is 6.29. The summed E-state index contributed by atoms with van der Waals surface area (Å²) in [6, 6.07) is 8.01. The Balaban J connectivity index is 1.77. The summed E-state index contributed by atoms with van der Waals surface area (Å²) in [5.41, 5.74) is 1.60. The van der Waals surface area contributed by atoms with Crippen LogP contribution < -0.4 is 4.74 Å². The van der Waals surface area contributed by atoms with E-state index in [9.17, 15) is 0 Å². The van der Waals surface area contributed by atoms with Crippen LogP contribution in [0.3, 0.4) is 0 Å². The maximum Gasteiger partial charge on any atom is 0.209 e. The van der Waals surface area contributed by atoms with Gasteiger partial charge in [-0.05, 0) is 41.5 Å². The number of nitriles is 1. The minimum absolute atomic E-state index is 0.458. The lowest BCUT2D eigenvalue weighted by Crippen LogP contribution is -1.99. The van der Waals surface area contributed by atoms with Gasteiger partial charge in [-0.25, -0.2) is 4.68 Å². The second-order valence-corrected chi connectivity index (χ2v) is 5.51. The van der Waals surface area contributed by atoms with Crippen molar-refractivity contribution in [2.24, 2.45) is 0 Å². The Morgan fingerprint density at radius 3 is 3.05 bits per heavy atom. The first-order valence-corrected chi connectivity index (χ1v) is 7.28. The van der Waals surface area contributed by atoms with Gasteiger partial charge in [0.25, 0.3) is 0 Å². The molecule has 0 radical (unpaired) electrons. The molecule has 0 unspecified atom stereocenters. The van der Waals surface area contributed by atoms with Crippen molar-refractivity contribution in [2.45, 2.75) is 29.8 Å². The fourth-order valence-electron chi connectivity index (χ4n) is 1.93. The third-order valence-electron chi connectivity index (χ3n) is 3.12. The van der Waals surface area contributed by atoms with E-state index in [4.69, 9.17) is 10.00 Å². The molecule has 1 saturated carbocycles. The molecule has 1 aromatic carbocycles. The predicted octanol–water partition coefficient (Wildman–Crippen LogP) is 2.18. The van der Waals surface area contributed by atoms with Gasteiger partial charge in [-0.2, -0.15) is 5.26 Å². The smallest absolute Gasteiger partial charge is 0.209 e. The lowest BCUT2D eigenvalue weighted by molar-refractivity contribution is 0.411. The van der Waals surface area contributed by atoms with Gasteiger partial charge in [0.2, 0.25) is 5.16 Å². The Kier molecular flexibility index (Phi) is 3.56. The molecule has 0 amide bonds. The number of rotatable bonds is 5. The normalized spacial score (nSPS) is 14.0. The molecule has 2 aromatic rings. The van der Waals surface area contributed by atoms with E-state index in [0.717, 1.165) is 29.3 Å². The molecule has 1 aliphatic rings. The molecule has 0 atom stereocenters. The number of benzene rings is 1. The molecule has 0 spiro atoms. The predicted molar refractivity (Wildman–Crippen MR) is 73.4 cm³/mol. The number of methoxy groups -OCH3 is 1. The van der Waals surface area contributed by atoms with Gasteiger partial charge in [-0.3, -0.25) is 0 Å². The zero-order valence-corrected chi connectivity index (χ0v) is 11.8. The van der Waals surface area contributed by atoms with Gasteiger partial charge < -0.3 is 4.74 Å². The fourth-order valence-corrected chi connectivity index (χ4v) is 2.85. The monoisotopic (exact) mass is 287 g/mol. The van der Waals surface area contributed by atoms with Crippen LogP contribution in [0.25, 0.3) is 0 Å². The third-order valence-corrected chi connectivity index (χ3v) is 4.10. The van der Waals surface area contributed by atoms with Crippen molar-refractivity contribution in [2.75, 3.05) is 7.11 Å². The summed E-state index contributed by atoms with van der Waals surface area (Å²) in [6.07, 6.45) is 2.29. The van der Waals surface area contributed by atoms with E-state index in [2.05, 4.69) is 21.6 Å². The summed E-state index contributed by atoms with van der Waals surface area (Å²) in [6.45, 7) is 0. The highest BCUT2D eigenvalue weighted by atomic mass is 32.2. The summed E-state index contributed by atoms with van der Waals surface area (Å²) in [5.74, 6) is 1.45. The topological polar surface area (TPSA) is 76.6 Å². The van der Waals surface area contributed by atoms with Crippen molar-refractivity contribution in [3.63, 3.8) is 0 Å². The van der Waals surface area contributed by atoms with Crippen LogP contribution in [-0.2, 0) is 5.75 Å². The van der Waals surface area contributed by atoms with Crippen LogP contribution in [-0.4, -0.2) is 27.3 Å². The Labute approximate surface area is 120 Å². The van der Waals surface area contributed by atoms with Crippen LogP contribution in [0.4, 0.5) is 0 Å². The van der Waals surface area contributed by atoms with E-state index in [1.807, 2.05) is 16.8 Å². The van der Waals surface area contributed by atoms with Gasteiger partial charge >= 0.3 is 0 Å². The summed E-state index contributed by atoms with van der Waals surface area (Å²) in [4.78, 5) is 0. The quantitative estimate of drug-likeness (QED) is 0.784. The first kappa shape index (κ1) is 12.9. The summed E-state index contributed by atoms with van der Waals surface area (Å²) >= 11 is 1.56. The third kappa shape index (κ3) is 2.60. The van der Waals surface area contributed by atoms with Gasteiger partial charge in [0.15, 0.2) is 0 Å². The molecule has 7 heteroatoms. The Hall–Kier alpha value is -2.07. The van der Waals surface area contributed by atoms with Crippen molar-refractivity contribution in [3.8, 4) is 11.8 Å². The van der Waals surface area contributed by atoms with Crippen LogP contribution in [0.2, 0.25) is 0 Å². The van der Waals surface area contributed by atoms with Gasteiger partial charge in [0.05, 0.1) is 24.8 Å². The molecule has 1 fully saturated rings. The Bertz CT molecular complexity index is 659. The SMILES string of the molecule is COc1ccc(C#N)cc1CSc1nnnn1C1CC1. The van der Waals surface area contributed by atoms with E-state index in [1.54, 1.807) is 24.9 Å². The molecule has 20 heavy (non-hydrogen) atoms. The van der Waals surface area contributed by atoms with E-state index in [1.165, 1.54) is 0 Å². The van der Waals surface area contributed by atoms with Gasteiger partial charge in [0, 0.05) is 11.3 Å². The van der Waals surface area contributed by atoms with Crippen molar-refractivity contribution in [3.05, 3.63) is 29.3 Å². The molecular formula is C13H13N5OS. The zero-order chi connectivity index (χ0) is 13.9. The minimum atomic E-state index is 0.458. The van der Waals surface area contributed by atoms with Crippen molar-refractivity contribution in [1.82, 2.24) is 20.2 Å². The standard InChI is InChI=1S/C13H13N5OS/c1-19-12-5-2-9(7-14)6-10(12)8-20-13-15-16-17-18(13)11-3-4-11/h2,5-6,11H,3-4,8H2,1H3. The Morgan fingerprint density at radius 2 is 2.35 bits per heavy atom. The minimum Gasteiger partial charge on any atom is -0.496 e. The van der Waals surface area contributed by atoms with Crippen LogP contribution in [0.1, 0.15) is 30.0 Å². The first-order chi connectivity index (χ1) is 9.81. The number of tetrazole rings is 1. The largest absolute Gasteiger partial charge is 0.496 e. The fraction of sp³-hybridized carbons (Fsp3) is 0.385. The average Bonchev–Trinajstić information content (AvgIpc) is 3.23. The molecule has 0 bridgehead atoms. The molecule has 1 aliphatic carbocycles. The highest BCUT2D eigenvalue weighted by Gasteiger charge is 2.27. The molecule has 0 saturated heterocycles. The summed E-state index contributed by atoms with van der Waals surface area (Å²) in [7, 11) is 1.63. The van der Waals surface area contributed by atoms with E-state index < -0.39 is 0 Å². The second kappa shape index (κ2) is 5.51. The second-order valence-electron chi connectivity index (χ2n) is 4.56. The zero-order valence-electron chi connectivity index (χ0n) is 11.0. The number of hydrogen-bond acceptors (Lipinski definition) is 6. The molecule has 1 aromatic heterocycles. The molecule has 1 heterocycles. The number of aromatic nitrogens is 4. The van der Waals surface area contributed by atoms with Crippen molar-refractivity contribution < 1.29 is 4.74 Å². The lowest BCUT2D eigenvalue weighted by Gasteiger charge is -2.08. The molecule has 102 valence electrons. The molecule has 3 rings (SSSR count). The molecule has 0 aliphatic heterocycles. The van der Waals surface area contributed by atoms with Crippen molar-refractivity contribution in [1.29, 1.82) is 5.26 Å². The number of hydrogen-bond donors (Lipinski definition) is 0. The number of thioether (sulfide) groups is 1. The average molecular weight is 287 g/mol. The van der Waals surface area contributed by atoms with Gasteiger partial charge in [-0.1, -0.05) is 11.8 Å². The molecular weight excluding hydrogens is 274 g/mol. The summed E-state index contributed by atoms with van der Waals surface area (Å²) in [5, 5.41) is 21.6. The maximum absolute atomic E-state index is 8.97. The van der Waals surface area contributed by atoms with Crippen molar-refractivity contribution >= 4 is 11.8 Å². The van der Waals surface area contributed by atoms with E-state index >= 15 is 0 Å². The lowest BCUT2D eigenvalue weighted by atomic mass is 10.1. The van der Waals surface area contributed by atoms with Gasteiger partial charge in [0.1, 0.15) is 5.75 Å².